The fourth-order valence-corrected chi connectivity index (χ4v) is 2.69. The number of pyridine rings is 1. The zero-order chi connectivity index (χ0) is 17.0. The number of aromatic nitrogens is 1. The Bertz CT molecular complexity index is 617. The van der Waals surface area contributed by atoms with Gasteiger partial charge >= 0.3 is 0 Å². The van der Waals surface area contributed by atoms with Gasteiger partial charge in [-0.1, -0.05) is 25.4 Å². The lowest BCUT2D eigenvalue weighted by Gasteiger charge is -2.27. The molecule has 0 N–H and O–H groups in total. The van der Waals surface area contributed by atoms with Crippen LogP contribution in [0, 0.1) is 5.92 Å². The first-order valence-corrected chi connectivity index (χ1v) is 7.80. The Morgan fingerprint density at radius 2 is 1.74 bits per heavy atom. The molecule has 0 bridgehead atoms. The Morgan fingerprint density at radius 3 is 2.30 bits per heavy atom. The molecule has 0 amide bonds. The van der Waals surface area contributed by atoms with Gasteiger partial charge in [-0.2, -0.15) is 0 Å². The van der Waals surface area contributed by atoms with Gasteiger partial charge in [0, 0.05) is 12.5 Å². The molecule has 2 atom stereocenters. The van der Waals surface area contributed by atoms with E-state index in [1.807, 2.05) is 6.07 Å². The van der Waals surface area contributed by atoms with E-state index in [4.69, 9.17) is 25.8 Å². The average Bonchev–Trinajstić information content (AvgIpc) is 2.53. The van der Waals surface area contributed by atoms with Gasteiger partial charge in [0.2, 0.25) is 17.7 Å². The number of hydrogen-bond acceptors (Lipinski definition) is 6. The normalized spacial score (nSPS) is 20.8. The molecular formula is C16H22ClN3O3. The van der Waals surface area contributed by atoms with Crippen molar-refractivity contribution in [1.82, 2.24) is 4.98 Å². The van der Waals surface area contributed by atoms with Crippen LogP contribution in [0.25, 0.3) is 0 Å². The predicted molar refractivity (Wildman–Crippen MR) is 90.8 cm³/mol. The molecule has 0 aliphatic carbocycles. The Hall–Kier alpha value is -1.82. The van der Waals surface area contributed by atoms with Gasteiger partial charge in [0.1, 0.15) is 17.2 Å². The van der Waals surface area contributed by atoms with Crippen molar-refractivity contribution in [3.05, 3.63) is 22.8 Å². The van der Waals surface area contributed by atoms with Crippen LogP contribution in [-0.2, 0) is 15.9 Å². The van der Waals surface area contributed by atoms with Crippen molar-refractivity contribution in [2.45, 2.75) is 32.4 Å². The molecule has 0 fully saturated rings. The highest BCUT2D eigenvalue weighted by molar-refractivity contribution is 6.29. The molecule has 0 aromatic carbocycles. The predicted octanol–water partition coefficient (Wildman–Crippen LogP) is 2.78. The van der Waals surface area contributed by atoms with Crippen molar-refractivity contribution in [3.63, 3.8) is 0 Å². The van der Waals surface area contributed by atoms with Gasteiger partial charge in [0.05, 0.1) is 21.3 Å². The van der Waals surface area contributed by atoms with Crippen molar-refractivity contribution >= 4 is 23.4 Å². The Labute approximate surface area is 141 Å². The number of nitrogens with zero attached hydrogens (tertiary/aromatic N) is 3. The molecule has 1 aliphatic rings. The van der Waals surface area contributed by atoms with Crippen molar-refractivity contribution in [1.29, 1.82) is 0 Å². The number of ether oxygens (including phenoxy) is 3. The van der Waals surface area contributed by atoms with Crippen LogP contribution in [0.1, 0.15) is 19.4 Å². The molecule has 1 aliphatic heterocycles. The minimum atomic E-state index is -0.256. The average molecular weight is 340 g/mol. The van der Waals surface area contributed by atoms with Gasteiger partial charge in [0.15, 0.2) is 0 Å². The first-order valence-electron chi connectivity index (χ1n) is 7.42. The zero-order valence-corrected chi connectivity index (χ0v) is 14.8. The fourth-order valence-electron chi connectivity index (χ4n) is 2.46. The van der Waals surface area contributed by atoms with E-state index < -0.39 is 0 Å². The smallest absolute Gasteiger partial charge is 0.214 e. The van der Waals surface area contributed by atoms with Crippen LogP contribution < -0.4 is 4.74 Å². The third kappa shape index (κ3) is 4.13. The molecule has 7 heteroatoms. The lowest BCUT2D eigenvalue weighted by molar-refractivity contribution is 0.332. The van der Waals surface area contributed by atoms with Crippen LogP contribution in [0.2, 0.25) is 5.15 Å². The Kier molecular flexibility index (Phi) is 5.82. The van der Waals surface area contributed by atoms with Crippen LogP contribution in [0.3, 0.4) is 0 Å². The number of aliphatic imine (C=N–C) groups is 2. The summed E-state index contributed by atoms with van der Waals surface area (Å²) in [6.45, 7) is 4.15. The standard InChI is InChI=1S/C16H22ClN3O3/c1-9(2)14-16(23-5)18-11(15(20-14)22-4)6-10-7-12(17)19-13(8-10)21-3/h7-9,11,14H,6H2,1-5H3/t11-,14+/m0/s1. The topological polar surface area (TPSA) is 65.3 Å². The number of halogens is 1. The van der Waals surface area contributed by atoms with Crippen LogP contribution in [0.15, 0.2) is 22.1 Å². The summed E-state index contributed by atoms with van der Waals surface area (Å²) in [4.78, 5) is 13.4. The van der Waals surface area contributed by atoms with Crippen LogP contribution in [-0.4, -0.2) is 50.2 Å². The summed E-state index contributed by atoms with van der Waals surface area (Å²) in [5.41, 5.74) is 0.943. The van der Waals surface area contributed by atoms with Crippen molar-refractivity contribution < 1.29 is 14.2 Å². The zero-order valence-electron chi connectivity index (χ0n) is 14.0. The molecule has 1 aromatic rings. The third-order valence-corrected chi connectivity index (χ3v) is 3.80. The molecule has 0 saturated carbocycles. The highest BCUT2D eigenvalue weighted by Crippen LogP contribution is 2.22. The summed E-state index contributed by atoms with van der Waals surface area (Å²) < 4.78 is 16.0. The highest BCUT2D eigenvalue weighted by Gasteiger charge is 2.31. The van der Waals surface area contributed by atoms with Gasteiger partial charge in [0.25, 0.3) is 0 Å². The second-order valence-corrected chi connectivity index (χ2v) is 5.98. The molecule has 0 spiro atoms. The summed E-state index contributed by atoms with van der Waals surface area (Å²) in [6.07, 6.45) is 0.572. The number of hydrogen-bond donors (Lipinski definition) is 0. The molecule has 2 heterocycles. The number of rotatable bonds is 4. The van der Waals surface area contributed by atoms with E-state index in [0.717, 1.165) is 5.56 Å². The third-order valence-electron chi connectivity index (χ3n) is 3.61. The largest absolute Gasteiger partial charge is 0.483 e. The first kappa shape index (κ1) is 17.5. The molecule has 23 heavy (non-hydrogen) atoms. The van der Waals surface area contributed by atoms with Crippen LogP contribution in [0.5, 0.6) is 5.88 Å². The second kappa shape index (κ2) is 7.64. The van der Waals surface area contributed by atoms with Gasteiger partial charge < -0.3 is 14.2 Å². The summed E-state index contributed by atoms with van der Waals surface area (Å²) in [6, 6.07) is 3.23. The molecule has 0 radical (unpaired) electrons. The van der Waals surface area contributed by atoms with E-state index in [2.05, 4.69) is 28.8 Å². The molecule has 6 nitrogen and oxygen atoms in total. The van der Waals surface area contributed by atoms with Crippen molar-refractivity contribution in [3.8, 4) is 5.88 Å². The number of methoxy groups -OCH3 is 3. The minimum Gasteiger partial charge on any atom is -0.483 e. The van der Waals surface area contributed by atoms with Crippen molar-refractivity contribution in [2.24, 2.45) is 15.9 Å². The van der Waals surface area contributed by atoms with E-state index in [0.29, 0.717) is 29.2 Å². The molecule has 1 aromatic heterocycles. The monoisotopic (exact) mass is 339 g/mol. The lowest BCUT2D eigenvalue weighted by Crippen LogP contribution is -2.38. The second-order valence-electron chi connectivity index (χ2n) is 5.59. The molecule has 0 saturated heterocycles. The molecule has 126 valence electrons. The van der Waals surface area contributed by atoms with E-state index >= 15 is 0 Å². The van der Waals surface area contributed by atoms with E-state index in [1.54, 1.807) is 27.4 Å². The van der Waals surface area contributed by atoms with Gasteiger partial charge in [-0.25, -0.2) is 15.0 Å². The SMILES string of the molecule is COC1=N[C@H](C(C)C)C(OC)=N[C@H]1Cc1cc(Cl)nc(OC)c1. The highest BCUT2D eigenvalue weighted by atomic mass is 35.5. The fraction of sp³-hybridized carbons (Fsp3) is 0.562. The first-order chi connectivity index (χ1) is 11.0. The summed E-state index contributed by atoms with van der Waals surface area (Å²) >= 11 is 6.02. The maximum atomic E-state index is 6.02. The molecule has 2 rings (SSSR count). The van der Waals surface area contributed by atoms with Gasteiger partial charge in [-0.3, -0.25) is 0 Å². The van der Waals surface area contributed by atoms with Crippen LogP contribution >= 0.6 is 11.6 Å². The summed E-state index contributed by atoms with van der Waals surface area (Å²) in [5, 5.41) is 0.377. The van der Waals surface area contributed by atoms with Crippen LogP contribution in [0.4, 0.5) is 0 Å². The molecular weight excluding hydrogens is 318 g/mol. The quantitative estimate of drug-likeness (QED) is 0.791. The van der Waals surface area contributed by atoms with E-state index in [-0.39, 0.29) is 18.0 Å². The maximum Gasteiger partial charge on any atom is 0.214 e. The van der Waals surface area contributed by atoms with Gasteiger partial charge in [-0.05, 0) is 17.5 Å². The Morgan fingerprint density at radius 1 is 1.04 bits per heavy atom. The van der Waals surface area contributed by atoms with Gasteiger partial charge in [-0.15, -0.1) is 0 Å². The Balaban J connectivity index is 2.29. The van der Waals surface area contributed by atoms with E-state index in [1.165, 1.54) is 0 Å². The minimum absolute atomic E-state index is 0.123. The lowest BCUT2D eigenvalue weighted by atomic mass is 10.0. The maximum absolute atomic E-state index is 6.02. The summed E-state index contributed by atoms with van der Waals surface area (Å²) in [7, 11) is 4.78. The summed E-state index contributed by atoms with van der Waals surface area (Å²) in [5.74, 6) is 1.96. The van der Waals surface area contributed by atoms with Crippen molar-refractivity contribution in [2.75, 3.05) is 21.3 Å². The van der Waals surface area contributed by atoms with E-state index in [9.17, 15) is 0 Å². The molecule has 0 unspecified atom stereocenters.